The van der Waals surface area contributed by atoms with Crippen LogP contribution in [-0.2, 0) is 4.84 Å². The van der Waals surface area contributed by atoms with Crippen molar-refractivity contribution in [3.05, 3.63) is 0 Å². The van der Waals surface area contributed by atoms with E-state index in [9.17, 15) is 9.59 Å². The van der Waals surface area contributed by atoms with Crippen LogP contribution >= 0.6 is 0 Å². The van der Waals surface area contributed by atoms with Gasteiger partial charge >= 0.3 is 12.2 Å². The van der Waals surface area contributed by atoms with Crippen molar-refractivity contribution in [3.8, 4) is 0 Å². The predicted molar refractivity (Wildman–Crippen MR) is 21.8 cm³/mol. The number of rotatable bonds is 0. The van der Waals surface area contributed by atoms with E-state index in [-0.39, 0.29) is 0 Å². The molecule has 0 aliphatic rings. The zero-order chi connectivity index (χ0) is 6.57. The van der Waals surface area contributed by atoms with Gasteiger partial charge in [-0.2, -0.15) is 5.90 Å². The van der Waals surface area contributed by atoms with Gasteiger partial charge in [0.05, 0.1) is 0 Å². The van der Waals surface area contributed by atoms with Crippen LogP contribution in [0.2, 0.25) is 0 Å². The normalized spacial score (nSPS) is 7.62. The van der Waals surface area contributed by atoms with Crippen molar-refractivity contribution < 1.29 is 19.5 Å². The van der Waals surface area contributed by atoms with Crippen LogP contribution in [0.4, 0.5) is 9.59 Å². The SMILES string of the molecule is NOC(=O)NC(=O)O. The fourth-order valence-corrected chi connectivity index (χ4v) is 0.117. The summed E-state index contributed by atoms with van der Waals surface area (Å²) in [7, 11) is 0. The molecule has 0 aromatic rings. The van der Waals surface area contributed by atoms with Gasteiger partial charge in [0.2, 0.25) is 0 Å². The second kappa shape index (κ2) is 2.80. The highest BCUT2D eigenvalue weighted by Gasteiger charge is 2.02. The first-order chi connectivity index (χ1) is 3.66. The second-order valence-corrected chi connectivity index (χ2v) is 0.835. The average Bonchev–Trinajstić information content (AvgIpc) is 1.65. The minimum atomic E-state index is -1.50. The van der Waals surface area contributed by atoms with E-state index < -0.39 is 12.2 Å². The third kappa shape index (κ3) is 2.91. The van der Waals surface area contributed by atoms with E-state index in [1.807, 2.05) is 0 Å². The van der Waals surface area contributed by atoms with Gasteiger partial charge < -0.3 is 9.94 Å². The molecule has 0 bridgehead atoms. The molecule has 0 atom stereocenters. The van der Waals surface area contributed by atoms with Crippen LogP contribution in [-0.4, -0.2) is 17.3 Å². The van der Waals surface area contributed by atoms with E-state index >= 15 is 0 Å². The third-order valence-corrected chi connectivity index (χ3v) is 0.316. The van der Waals surface area contributed by atoms with Crippen LogP contribution in [0.25, 0.3) is 0 Å². The summed E-state index contributed by atoms with van der Waals surface area (Å²) >= 11 is 0. The highest BCUT2D eigenvalue weighted by atomic mass is 16.7. The summed E-state index contributed by atoms with van der Waals surface area (Å²) in [6.45, 7) is 0. The number of carbonyl (C=O) groups is 2. The van der Waals surface area contributed by atoms with Gasteiger partial charge in [0.1, 0.15) is 0 Å². The first kappa shape index (κ1) is 6.70. The van der Waals surface area contributed by atoms with Gasteiger partial charge in [0.15, 0.2) is 0 Å². The standard InChI is InChI=1S/C2H4N2O4/c3-8-2(7)4-1(5)6/h3H2,(H,4,7)(H,5,6). The number of imide groups is 1. The van der Waals surface area contributed by atoms with Crippen molar-refractivity contribution in [2.45, 2.75) is 0 Å². The Kier molecular flexibility index (Phi) is 2.35. The summed E-state index contributed by atoms with van der Waals surface area (Å²) in [4.78, 5) is 22.7. The van der Waals surface area contributed by atoms with Crippen LogP contribution in [0, 0.1) is 0 Å². The largest absolute Gasteiger partial charge is 0.465 e. The lowest BCUT2D eigenvalue weighted by atomic mass is 11.0. The van der Waals surface area contributed by atoms with Crippen molar-refractivity contribution in [2.24, 2.45) is 5.90 Å². The second-order valence-electron chi connectivity index (χ2n) is 0.835. The van der Waals surface area contributed by atoms with Crippen LogP contribution in [0.15, 0.2) is 0 Å². The Morgan fingerprint density at radius 2 is 2.12 bits per heavy atom. The maximum absolute atomic E-state index is 9.78. The topological polar surface area (TPSA) is 102 Å². The van der Waals surface area contributed by atoms with Crippen molar-refractivity contribution in [2.75, 3.05) is 0 Å². The molecule has 6 heteroatoms. The summed E-state index contributed by atoms with van der Waals surface area (Å²) in [5, 5.41) is 9.07. The molecule has 0 aliphatic carbocycles. The maximum atomic E-state index is 9.78. The smallest absolute Gasteiger partial charge is 0.435 e. The molecule has 2 amide bonds. The first-order valence-electron chi connectivity index (χ1n) is 1.57. The van der Waals surface area contributed by atoms with Crippen molar-refractivity contribution in [1.82, 2.24) is 5.32 Å². The minimum absolute atomic E-state index is 1.20. The quantitative estimate of drug-likeness (QED) is 0.365. The molecular formula is C2H4N2O4. The Hall–Kier alpha value is -1.30. The van der Waals surface area contributed by atoms with Gasteiger partial charge in [-0.3, -0.25) is 0 Å². The molecule has 0 fully saturated rings. The zero-order valence-electron chi connectivity index (χ0n) is 3.75. The minimum Gasteiger partial charge on any atom is -0.465 e. The summed E-state index contributed by atoms with van der Waals surface area (Å²) < 4.78 is 0. The first-order valence-corrected chi connectivity index (χ1v) is 1.57. The van der Waals surface area contributed by atoms with Gasteiger partial charge in [-0.1, -0.05) is 0 Å². The number of nitrogens with one attached hydrogen (secondary N) is 1. The van der Waals surface area contributed by atoms with E-state index in [0.717, 1.165) is 0 Å². The number of amides is 2. The van der Waals surface area contributed by atoms with Crippen LogP contribution in [0.1, 0.15) is 0 Å². The molecule has 6 nitrogen and oxygen atoms in total. The third-order valence-electron chi connectivity index (χ3n) is 0.316. The monoisotopic (exact) mass is 120 g/mol. The number of hydrogen-bond acceptors (Lipinski definition) is 4. The molecule has 0 rings (SSSR count). The Morgan fingerprint density at radius 3 is 2.25 bits per heavy atom. The summed E-state index contributed by atoms with van der Waals surface area (Å²) in [5.41, 5.74) is 0. The summed E-state index contributed by atoms with van der Waals surface area (Å²) in [5.74, 6) is 4.24. The predicted octanol–water partition coefficient (Wildman–Crippen LogP) is -0.736. The number of carbonyl (C=O) groups excluding carboxylic acids is 1. The lowest BCUT2D eigenvalue weighted by molar-refractivity contribution is 0.141. The molecule has 0 heterocycles. The fraction of sp³-hybridized carbons (Fsp3) is 0. The van der Waals surface area contributed by atoms with E-state index in [1.54, 1.807) is 0 Å². The molecule has 0 saturated heterocycles. The van der Waals surface area contributed by atoms with E-state index in [2.05, 4.69) is 10.7 Å². The lowest BCUT2D eigenvalue weighted by Gasteiger charge is -1.92. The van der Waals surface area contributed by atoms with Gasteiger partial charge in [-0.15, -0.1) is 0 Å². The Morgan fingerprint density at radius 1 is 1.62 bits per heavy atom. The van der Waals surface area contributed by atoms with Crippen molar-refractivity contribution in [1.29, 1.82) is 0 Å². The Balaban J connectivity index is 3.40. The van der Waals surface area contributed by atoms with Crippen LogP contribution in [0.3, 0.4) is 0 Å². The van der Waals surface area contributed by atoms with Gasteiger partial charge in [-0.05, 0) is 0 Å². The maximum Gasteiger partial charge on any atom is 0.435 e. The molecule has 0 aliphatic heterocycles. The van der Waals surface area contributed by atoms with E-state index in [1.165, 1.54) is 5.32 Å². The fourth-order valence-electron chi connectivity index (χ4n) is 0.117. The van der Waals surface area contributed by atoms with E-state index in [0.29, 0.717) is 0 Å². The molecule has 0 aromatic heterocycles. The lowest BCUT2D eigenvalue weighted by Crippen LogP contribution is -2.31. The summed E-state index contributed by atoms with van der Waals surface area (Å²) in [6, 6.07) is 0. The van der Waals surface area contributed by atoms with Gasteiger partial charge in [0.25, 0.3) is 0 Å². The van der Waals surface area contributed by atoms with E-state index in [4.69, 9.17) is 5.11 Å². The highest BCUT2D eigenvalue weighted by molar-refractivity contribution is 5.86. The molecule has 4 N–H and O–H groups in total. The molecule has 8 heavy (non-hydrogen) atoms. The average molecular weight is 120 g/mol. The Labute approximate surface area is 44.2 Å². The number of hydrogen-bond donors (Lipinski definition) is 3. The number of nitrogens with two attached hydrogens (primary N) is 1. The van der Waals surface area contributed by atoms with Crippen LogP contribution in [0.5, 0.6) is 0 Å². The molecule has 0 radical (unpaired) electrons. The van der Waals surface area contributed by atoms with Gasteiger partial charge in [-0.25, -0.2) is 14.9 Å². The Bertz CT molecular complexity index is 111. The highest BCUT2D eigenvalue weighted by Crippen LogP contribution is 1.65. The molecule has 0 saturated carbocycles. The van der Waals surface area contributed by atoms with Crippen molar-refractivity contribution in [3.63, 3.8) is 0 Å². The number of carboxylic acid groups (broad SMARTS) is 1. The van der Waals surface area contributed by atoms with Crippen LogP contribution < -0.4 is 11.2 Å². The molecule has 46 valence electrons. The molecule has 0 unspecified atom stereocenters. The molecule has 0 aromatic carbocycles. The van der Waals surface area contributed by atoms with Gasteiger partial charge in [0, 0.05) is 0 Å². The molecular weight excluding hydrogens is 116 g/mol. The van der Waals surface area contributed by atoms with Crippen molar-refractivity contribution >= 4 is 12.2 Å². The zero-order valence-corrected chi connectivity index (χ0v) is 3.75. The molecule has 0 spiro atoms. The summed E-state index contributed by atoms with van der Waals surface area (Å²) in [6.07, 6.45) is -2.70.